The fourth-order valence-corrected chi connectivity index (χ4v) is 2.37. The highest BCUT2D eigenvalue weighted by atomic mass is 35.5. The molecule has 1 N–H and O–H groups in total. The van der Waals surface area contributed by atoms with Gasteiger partial charge < -0.3 is 9.52 Å². The Bertz CT molecular complexity index is 805. The third kappa shape index (κ3) is 1.64. The summed E-state index contributed by atoms with van der Waals surface area (Å²) in [5, 5.41) is 12.1. The van der Waals surface area contributed by atoms with Crippen LogP contribution in [0.25, 0.3) is 21.7 Å². The van der Waals surface area contributed by atoms with Gasteiger partial charge >= 0.3 is 5.63 Å². The molecular formula is C14H9ClO3. The second-order valence-electron chi connectivity index (χ2n) is 4.07. The van der Waals surface area contributed by atoms with Crippen molar-refractivity contribution in [1.29, 1.82) is 0 Å². The second-order valence-corrected chi connectivity index (χ2v) is 4.34. The maximum absolute atomic E-state index is 11.4. The maximum atomic E-state index is 11.4. The van der Waals surface area contributed by atoms with E-state index in [1.165, 1.54) is 6.07 Å². The molecule has 0 saturated carbocycles. The molecule has 3 nitrogen and oxygen atoms in total. The number of halogens is 1. The molecule has 0 amide bonds. The minimum atomic E-state index is -0.419. The fourth-order valence-electron chi connectivity index (χ4n) is 2.16. The molecule has 0 aliphatic rings. The van der Waals surface area contributed by atoms with Gasteiger partial charge in [-0.05, 0) is 34.5 Å². The van der Waals surface area contributed by atoms with E-state index in [9.17, 15) is 9.90 Å². The fraction of sp³-hybridized carbons (Fsp3) is 0.0714. The molecule has 0 saturated heterocycles. The van der Waals surface area contributed by atoms with Crippen molar-refractivity contribution in [2.24, 2.45) is 0 Å². The Kier molecular flexibility index (Phi) is 2.49. The third-order valence-corrected chi connectivity index (χ3v) is 3.22. The van der Waals surface area contributed by atoms with E-state index >= 15 is 0 Å². The lowest BCUT2D eigenvalue weighted by molar-refractivity contribution is 0.476. The normalized spacial score (nSPS) is 11.2. The molecule has 0 bridgehead atoms. The first-order chi connectivity index (χ1) is 8.69. The molecule has 4 heteroatoms. The quantitative estimate of drug-likeness (QED) is 0.414. The molecule has 1 heterocycles. The SMILES string of the molecule is O=c1cc(CCl)c2c(ccc3ccc(O)cc32)o1. The number of phenolic OH excluding ortho intramolecular Hbond substituents is 1. The standard InChI is InChI=1S/C14H9ClO3/c15-7-9-5-13(17)18-12-4-2-8-1-3-10(16)6-11(8)14(9)12/h1-6,16H,7H2. The highest BCUT2D eigenvalue weighted by Gasteiger charge is 2.09. The van der Waals surface area contributed by atoms with E-state index in [1.54, 1.807) is 18.2 Å². The Morgan fingerprint density at radius 2 is 1.94 bits per heavy atom. The Labute approximate surface area is 107 Å². The van der Waals surface area contributed by atoms with Crippen molar-refractivity contribution in [1.82, 2.24) is 0 Å². The number of rotatable bonds is 1. The average molecular weight is 261 g/mol. The maximum Gasteiger partial charge on any atom is 0.336 e. The second kappa shape index (κ2) is 4.03. The van der Waals surface area contributed by atoms with Crippen LogP contribution in [0.3, 0.4) is 0 Å². The van der Waals surface area contributed by atoms with E-state index in [2.05, 4.69) is 0 Å². The third-order valence-electron chi connectivity index (χ3n) is 2.93. The van der Waals surface area contributed by atoms with Crippen LogP contribution >= 0.6 is 11.6 Å². The predicted octanol–water partition coefficient (Wildman–Crippen LogP) is 3.39. The van der Waals surface area contributed by atoms with Gasteiger partial charge in [0.05, 0.1) is 0 Å². The molecular weight excluding hydrogens is 252 g/mol. The van der Waals surface area contributed by atoms with E-state index in [0.717, 1.165) is 16.2 Å². The lowest BCUT2D eigenvalue weighted by Crippen LogP contribution is -1.99. The average Bonchev–Trinajstić information content (AvgIpc) is 2.37. The lowest BCUT2D eigenvalue weighted by Gasteiger charge is -2.06. The first-order valence-electron chi connectivity index (χ1n) is 5.43. The van der Waals surface area contributed by atoms with Crippen molar-refractivity contribution in [2.45, 2.75) is 5.88 Å². The highest BCUT2D eigenvalue weighted by molar-refractivity contribution is 6.19. The van der Waals surface area contributed by atoms with Gasteiger partial charge in [0.2, 0.25) is 0 Å². The van der Waals surface area contributed by atoms with Gasteiger partial charge in [0.25, 0.3) is 0 Å². The van der Waals surface area contributed by atoms with Crippen molar-refractivity contribution < 1.29 is 9.52 Å². The molecule has 2 aromatic carbocycles. The van der Waals surface area contributed by atoms with E-state index in [4.69, 9.17) is 16.0 Å². The van der Waals surface area contributed by atoms with Gasteiger partial charge in [-0.15, -0.1) is 11.6 Å². The van der Waals surface area contributed by atoms with Crippen molar-refractivity contribution in [3.05, 3.63) is 52.4 Å². The van der Waals surface area contributed by atoms with E-state index < -0.39 is 5.63 Å². The summed E-state index contributed by atoms with van der Waals surface area (Å²) in [6, 6.07) is 10.1. The summed E-state index contributed by atoms with van der Waals surface area (Å²) in [6.07, 6.45) is 0. The molecule has 0 unspecified atom stereocenters. The van der Waals surface area contributed by atoms with Crippen LogP contribution in [0.5, 0.6) is 5.75 Å². The molecule has 3 aromatic rings. The van der Waals surface area contributed by atoms with Crippen molar-refractivity contribution in [3.8, 4) is 5.75 Å². The van der Waals surface area contributed by atoms with Gasteiger partial charge in [0.15, 0.2) is 0 Å². The summed E-state index contributed by atoms with van der Waals surface area (Å²) in [5.41, 5.74) is 0.771. The van der Waals surface area contributed by atoms with Crippen LogP contribution in [-0.2, 0) is 5.88 Å². The van der Waals surface area contributed by atoms with Gasteiger partial charge in [0.1, 0.15) is 11.3 Å². The van der Waals surface area contributed by atoms with Crippen LogP contribution in [-0.4, -0.2) is 5.11 Å². The largest absolute Gasteiger partial charge is 0.508 e. The monoisotopic (exact) mass is 260 g/mol. The van der Waals surface area contributed by atoms with Gasteiger partial charge in [-0.1, -0.05) is 12.1 Å². The highest BCUT2D eigenvalue weighted by Crippen LogP contribution is 2.30. The number of hydrogen-bond donors (Lipinski definition) is 1. The van der Waals surface area contributed by atoms with Crippen molar-refractivity contribution >= 4 is 33.3 Å². The first kappa shape index (κ1) is 11.1. The summed E-state index contributed by atoms with van der Waals surface area (Å²) in [7, 11) is 0. The molecule has 1 aromatic heterocycles. The van der Waals surface area contributed by atoms with Crippen molar-refractivity contribution in [2.75, 3.05) is 0 Å². The molecule has 0 atom stereocenters. The van der Waals surface area contributed by atoms with Crippen LogP contribution in [0.4, 0.5) is 0 Å². The number of phenols is 1. The summed E-state index contributed by atoms with van der Waals surface area (Å²) in [4.78, 5) is 11.4. The van der Waals surface area contributed by atoms with Gasteiger partial charge in [-0.25, -0.2) is 4.79 Å². The molecule has 0 fully saturated rings. The molecule has 0 radical (unpaired) electrons. The topological polar surface area (TPSA) is 50.4 Å². The van der Waals surface area contributed by atoms with Crippen molar-refractivity contribution in [3.63, 3.8) is 0 Å². The molecule has 0 aliphatic heterocycles. The molecule has 3 rings (SSSR count). The van der Waals surface area contributed by atoms with Crippen LogP contribution in [0.15, 0.2) is 45.6 Å². The van der Waals surface area contributed by atoms with E-state index in [1.807, 2.05) is 12.1 Å². The summed E-state index contributed by atoms with van der Waals surface area (Å²) in [6.45, 7) is 0. The van der Waals surface area contributed by atoms with E-state index in [0.29, 0.717) is 11.1 Å². The van der Waals surface area contributed by atoms with E-state index in [-0.39, 0.29) is 11.6 Å². The zero-order chi connectivity index (χ0) is 12.7. The zero-order valence-electron chi connectivity index (χ0n) is 9.31. The Balaban J connectivity index is 2.59. The van der Waals surface area contributed by atoms with Crippen LogP contribution in [0, 0.1) is 0 Å². The number of alkyl halides is 1. The first-order valence-corrected chi connectivity index (χ1v) is 5.97. The number of hydrogen-bond acceptors (Lipinski definition) is 3. The molecule has 0 aliphatic carbocycles. The van der Waals surface area contributed by atoms with Gasteiger partial charge in [-0.3, -0.25) is 0 Å². The van der Waals surface area contributed by atoms with Crippen LogP contribution in [0.2, 0.25) is 0 Å². The number of aromatic hydroxyl groups is 1. The van der Waals surface area contributed by atoms with Crippen LogP contribution in [0.1, 0.15) is 5.56 Å². The Morgan fingerprint density at radius 3 is 2.72 bits per heavy atom. The summed E-state index contributed by atoms with van der Waals surface area (Å²) < 4.78 is 5.16. The minimum Gasteiger partial charge on any atom is -0.508 e. The predicted molar refractivity (Wildman–Crippen MR) is 71.2 cm³/mol. The van der Waals surface area contributed by atoms with Gasteiger partial charge in [0, 0.05) is 17.3 Å². The molecule has 0 spiro atoms. The smallest absolute Gasteiger partial charge is 0.336 e. The van der Waals surface area contributed by atoms with Gasteiger partial charge in [-0.2, -0.15) is 0 Å². The minimum absolute atomic E-state index is 0.168. The summed E-state index contributed by atoms with van der Waals surface area (Å²) >= 11 is 5.87. The van der Waals surface area contributed by atoms with Crippen LogP contribution < -0.4 is 5.63 Å². The summed E-state index contributed by atoms with van der Waals surface area (Å²) in [5.74, 6) is 0.387. The Hall–Kier alpha value is -2.00. The Morgan fingerprint density at radius 1 is 1.17 bits per heavy atom. The molecule has 18 heavy (non-hydrogen) atoms. The zero-order valence-corrected chi connectivity index (χ0v) is 10.1. The number of benzene rings is 2. The lowest BCUT2D eigenvalue weighted by atomic mass is 10.0. The molecule has 90 valence electrons. The number of fused-ring (bicyclic) bond motifs is 3.